The fourth-order valence-electron chi connectivity index (χ4n) is 1.34. The Labute approximate surface area is 74.1 Å². The molecule has 0 aliphatic heterocycles. The van der Waals surface area contributed by atoms with Gasteiger partial charge >= 0.3 is 0 Å². The second-order valence-corrected chi connectivity index (χ2v) is 3.31. The molecule has 1 aromatic carbocycles. The minimum absolute atomic E-state index is 0.300. The van der Waals surface area contributed by atoms with E-state index in [0.29, 0.717) is 12.5 Å². The molecular weight excluding hydrogens is 148 g/mol. The number of hydrogen-bond acceptors (Lipinski definition) is 1. The highest BCUT2D eigenvalue weighted by atomic mass is 16.2. The van der Waals surface area contributed by atoms with Crippen molar-refractivity contribution in [3.8, 4) is 0 Å². The summed E-state index contributed by atoms with van der Waals surface area (Å²) in [5, 5.41) is 8.71. The van der Waals surface area contributed by atoms with Gasteiger partial charge in [-0.05, 0) is 24.3 Å². The lowest BCUT2D eigenvalue weighted by Gasteiger charge is -2.08. The standard InChI is InChI=1S/C11H16O/c1-10(7-8-12)9-11-5-3-2-4-6-11/h2-6,10,12H,7-9H2,1H3/t10-/m1/s1. The average Bonchev–Trinajstić information content (AvgIpc) is 2.06. The molecule has 0 saturated carbocycles. The van der Waals surface area contributed by atoms with Crippen LogP contribution in [0.25, 0.3) is 0 Å². The molecule has 0 aromatic heterocycles. The second kappa shape index (κ2) is 4.94. The molecule has 0 aliphatic rings. The van der Waals surface area contributed by atoms with E-state index in [-0.39, 0.29) is 0 Å². The van der Waals surface area contributed by atoms with Gasteiger partial charge in [-0.15, -0.1) is 0 Å². The second-order valence-electron chi connectivity index (χ2n) is 3.31. The molecule has 1 N–H and O–H groups in total. The van der Waals surface area contributed by atoms with Crippen molar-refractivity contribution in [1.29, 1.82) is 0 Å². The maximum Gasteiger partial charge on any atom is 0.0433 e. The molecule has 0 bridgehead atoms. The minimum atomic E-state index is 0.300. The maximum atomic E-state index is 8.71. The van der Waals surface area contributed by atoms with Gasteiger partial charge in [-0.25, -0.2) is 0 Å². The number of rotatable bonds is 4. The summed E-state index contributed by atoms with van der Waals surface area (Å²) >= 11 is 0. The Bertz CT molecular complexity index is 206. The summed E-state index contributed by atoms with van der Waals surface area (Å²) in [6, 6.07) is 10.4. The predicted molar refractivity (Wildman–Crippen MR) is 51.0 cm³/mol. The third-order valence-electron chi connectivity index (χ3n) is 2.05. The van der Waals surface area contributed by atoms with Gasteiger partial charge < -0.3 is 5.11 Å². The normalized spacial score (nSPS) is 12.8. The Kier molecular flexibility index (Phi) is 3.81. The van der Waals surface area contributed by atoms with Crippen LogP contribution in [0, 0.1) is 5.92 Å². The van der Waals surface area contributed by atoms with E-state index in [0.717, 1.165) is 12.8 Å². The van der Waals surface area contributed by atoms with Crippen LogP contribution in [-0.2, 0) is 6.42 Å². The zero-order valence-corrected chi connectivity index (χ0v) is 7.53. The molecule has 0 aliphatic carbocycles. The van der Waals surface area contributed by atoms with Crippen LogP contribution in [0.2, 0.25) is 0 Å². The first-order valence-electron chi connectivity index (χ1n) is 4.47. The third-order valence-corrected chi connectivity index (χ3v) is 2.05. The molecule has 66 valence electrons. The van der Waals surface area contributed by atoms with Crippen LogP contribution in [0.5, 0.6) is 0 Å². The van der Waals surface area contributed by atoms with Gasteiger partial charge in [-0.2, -0.15) is 0 Å². The minimum Gasteiger partial charge on any atom is -0.396 e. The van der Waals surface area contributed by atoms with E-state index in [1.165, 1.54) is 5.56 Å². The number of aliphatic hydroxyl groups is 1. The predicted octanol–water partition coefficient (Wildman–Crippen LogP) is 2.25. The largest absolute Gasteiger partial charge is 0.396 e. The lowest BCUT2D eigenvalue weighted by Crippen LogP contribution is -2.01. The van der Waals surface area contributed by atoms with Crippen LogP contribution in [0.15, 0.2) is 30.3 Å². The van der Waals surface area contributed by atoms with Crippen LogP contribution >= 0.6 is 0 Å². The number of benzene rings is 1. The van der Waals surface area contributed by atoms with Gasteiger partial charge in [0.2, 0.25) is 0 Å². The molecule has 1 heteroatoms. The monoisotopic (exact) mass is 164 g/mol. The Morgan fingerprint density at radius 2 is 1.92 bits per heavy atom. The van der Waals surface area contributed by atoms with Crippen LogP contribution in [0.3, 0.4) is 0 Å². The molecule has 0 saturated heterocycles. The SMILES string of the molecule is C[C@H](CCO)Cc1ccccc1. The molecule has 1 rings (SSSR count). The highest BCUT2D eigenvalue weighted by Gasteiger charge is 2.01. The fraction of sp³-hybridized carbons (Fsp3) is 0.455. The molecule has 0 radical (unpaired) electrons. The van der Waals surface area contributed by atoms with E-state index in [1.807, 2.05) is 6.07 Å². The van der Waals surface area contributed by atoms with E-state index in [2.05, 4.69) is 31.2 Å². The molecular formula is C11H16O. The van der Waals surface area contributed by atoms with Gasteiger partial charge in [0.1, 0.15) is 0 Å². The Balaban J connectivity index is 2.41. The van der Waals surface area contributed by atoms with Gasteiger partial charge in [0, 0.05) is 6.61 Å². The lowest BCUT2D eigenvalue weighted by molar-refractivity contribution is 0.262. The van der Waals surface area contributed by atoms with Gasteiger partial charge in [0.25, 0.3) is 0 Å². The summed E-state index contributed by atoms with van der Waals surface area (Å²) in [6.07, 6.45) is 1.97. The first-order valence-corrected chi connectivity index (χ1v) is 4.47. The maximum absolute atomic E-state index is 8.71. The van der Waals surface area contributed by atoms with Gasteiger partial charge in [-0.3, -0.25) is 0 Å². The van der Waals surface area contributed by atoms with Crippen LogP contribution in [-0.4, -0.2) is 11.7 Å². The van der Waals surface area contributed by atoms with Crippen LogP contribution in [0.4, 0.5) is 0 Å². The highest BCUT2D eigenvalue weighted by molar-refractivity contribution is 5.14. The molecule has 0 amide bonds. The molecule has 0 heterocycles. The van der Waals surface area contributed by atoms with Gasteiger partial charge in [-0.1, -0.05) is 37.3 Å². The Hall–Kier alpha value is -0.820. The molecule has 0 unspecified atom stereocenters. The Morgan fingerprint density at radius 3 is 2.50 bits per heavy atom. The zero-order valence-electron chi connectivity index (χ0n) is 7.53. The van der Waals surface area contributed by atoms with E-state index in [1.54, 1.807) is 0 Å². The first-order chi connectivity index (χ1) is 5.83. The van der Waals surface area contributed by atoms with Crippen molar-refractivity contribution in [3.63, 3.8) is 0 Å². The van der Waals surface area contributed by atoms with E-state index in [4.69, 9.17) is 5.11 Å². The van der Waals surface area contributed by atoms with Crippen molar-refractivity contribution in [2.45, 2.75) is 19.8 Å². The quantitative estimate of drug-likeness (QED) is 0.723. The summed E-state index contributed by atoms with van der Waals surface area (Å²) in [7, 11) is 0. The summed E-state index contributed by atoms with van der Waals surface area (Å²) in [4.78, 5) is 0. The van der Waals surface area contributed by atoms with Gasteiger partial charge in [0.15, 0.2) is 0 Å². The summed E-state index contributed by atoms with van der Waals surface area (Å²) in [6.45, 7) is 2.47. The summed E-state index contributed by atoms with van der Waals surface area (Å²) in [5.74, 6) is 0.581. The van der Waals surface area contributed by atoms with Gasteiger partial charge in [0.05, 0.1) is 0 Å². The number of hydrogen-bond donors (Lipinski definition) is 1. The molecule has 0 spiro atoms. The summed E-state index contributed by atoms with van der Waals surface area (Å²) in [5.41, 5.74) is 1.36. The fourth-order valence-corrected chi connectivity index (χ4v) is 1.34. The van der Waals surface area contributed by atoms with E-state index >= 15 is 0 Å². The summed E-state index contributed by atoms with van der Waals surface area (Å²) < 4.78 is 0. The highest BCUT2D eigenvalue weighted by Crippen LogP contribution is 2.10. The number of aliphatic hydroxyl groups excluding tert-OH is 1. The molecule has 1 aromatic rings. The van der Waals surface area contributed by atoms with Crippen molar-refractivity contribution in [1.82, 2.24) is 0 Å². The van der Waals surface area contributed by atoms with Crippen molar-refractivity contribution in [2.24, 2.45) is 5.92 Å². The molecule has 12 heavy (non-hydrogen) atoms. The van der Waals surface area contributed by atoms with E-state index in [9.17, 15) is 0 Å². The molecule has 0 fully saturated rings. The molecule has 1 nitrogen and oxygen atoms in total. The van der Waals surface area contributed by atoms with Crippen LogP contribution < -0.4 is 0 Å². The zero-order chi connectivity index (χ0) is 8.81. The van der Waals surface area contributed by atoms with Crippen molar-refractivity contribution in [3.05, 3.63) is 35.9 Å². The Morgan fingerprint density at radius 1 is 1.25 bits per heavy atom. The third kappa shape index (κ3) is 3.05. The lowest BCUT2D eigenvalue weighted by atomic mass is 9.99. The van der Waals surface area contributed by atoms with Crippen molar-refractivity contribution < 1.29 is 5.11 Å². The van der Waals surface area contributed by atoms with Crippen molar-refractivity contribution >= 4 is 0 Å². The molecule has 1 atom stereocenters. The van der Waals surface area contributed by atoms with E-state index < -0.39 is 0 Å². The smallest absolute Gasteiger partial charge is 0.0433 e. The average molecular weight is 164 g/mol. The van der Waals surface area contributed by atoms with Crippen molar-refractivity contribution in [2.75, 3.05) is 6.61 Å². The first kappa shape index (κ1) is 9.27. The van der Waals surface area contributed by atoms with Crippen LogP contribution in [0.1, 0.15) is 18.9 Å². The topological polar surface area (TPSA) is 20.2 Å².